The number of rotatable bonds is 3. The third-order valence-electron chi connectivity index (χ3n) is 4.07. The van der Waals surface area contributed by atoms with Crippen LogP contribution < -0.4 is 10.6 Å². The molecule has 0 bridgehead atoms. The van der Waals surface area contributed by atoms with E-state index < -0.39 is 32.5 Å². The summed E-state index contributed by atoms with van der Waals surface area (Å²) in [7, 11) is -3.84. The maximum atomic E-state index is 15.1. The molecule has 1 heterocycles. The van der Waals surface area contributed by atoms with E-state index in [1.165, 1.54) is 17.0 Å². The molecule has 2 N–H and O–H groups in total. The number of hydrogen-bond donors (Lipinski definition) is 1. The van der Waals surface area contributed by atoms with Crippen LogP contribution in [0.3, 0.4) is 0 Å². The summed E-state index contributed by atoms with van der Waals surface area (Å²) < 4.78 is 39.4. The summed E-state index contributed by atoms with van der Waals surface area (Å²) in [6, 6.07) is 11.0. The molecule has 5 nitrogen and oxygen atoms in total. The van der Waals surface area contributed by atoms with Crippen molar-refractivity contribution in [2.75, 3.05) is 17.7 Å². The molecule has 0 aliphatic carbocycles. The minimum absolute atomic E-state index is 0.0481. The lowest BCUT2D eigenvalue weighted by molar-refractivity contribution is -0.118. The summed E-state index contributed by atoms with van der Waals surface area (Å²) in [5, 5.41) is 0. The predicted octanol–water partition coefficient (Wildman–Crippen LogP) is 1.96. The van der Waals surface area contributed by atoms with E-state index in [1.54, 1.807) is 30.3 Å². The van der Waals surface area contributed by atoms with Crippen LogP contribution in [-0.4, -0.2) is 33.2 Å². The Balaban J connectivity index is 2.22. The number of carbonyl (C=O) groups excluding carboxylic acids is 1. The number of hydrogen-bond acceptors (Lipinski definition) is 4. The number of nitrogens with zero attached hydrogens (tertiary/aromatic N) is 1. The van der Waals surface area contributed by atoms with Crippen molar-refractivity contribution < 1.29 is 17.6 Å². The van der Waals surface area contributed by atoms with Gasteiger partial charge in [-0.2, -0.15) is 0 Å². The van der Waals surface area contributed by atoms with E-state index >= 15 is 4.39 Å². The summed E-state index contributed by atoms with van der Waals surface area (Å²) >= 11 is 0. The summed E-state index contributed by atoms with van der Waals surface area (Å²) in [6.45, 7) is 0.269. The highest BCUT2D eigenvalue weighted by atomic mass is 32.2. The molecule has 1 saturated heterocycles. The zero-order chi connectivity index (χ0) is 17.5. The van der Waals surface area contributed by atoms with E-state index in [0.29, 0.717) is 12.0 Å². The molecule has 0 spiro atoms. The lowest BCUT2D eigenvalue weighted by Gasteiger charge is -2.20. The van der Waals surface area contributed by atoms with E-state index in [-0.39, 0.29) is 17.8 Å². The van der Waals surface area contributed by atoms with E-state index in [1.807, 2.05) is 0 Å². The third kappa shape index (κ3) is 2.81. The second kappa shape index (κ2) is 5.99. The van der Waals surface area contributed by atoms with Crippen molar-refractivity contribution in [3.63, 3.8) is 0 Å². The maximum absolute atomic E-state index is 15.1. The number of nitrogens with two attached hydrogens (primary N) is 1. The molecule has 7 heteroatoms. The fourth-order valence-corrected chi connectivity index (χ4v) is 3.92. The Morgan fingerprint density at radius 3 is 2.38 bits per heavy atom. The molecule has 3 rings (SSSR count). The van der Waals surface area contributed by atoms with Crippen LogP contribution in [0.15, 0.2) is 47.4 Å². The summed E-state index contributed by atoms with van der Waals surface area (Å²) in [4.78, 5) is 12.9. The van der Waals surface area contributed by atoms with Gasteiger partial charge in [0.15, 0.2) is 15.7 Å². The average molecular weight is 348 g/mol. The highest BCUT2D eigenvalue weighted by Crippen LogP contribution is 2.36. The summed E-state index contributed by atoms with van der Waals surface area (Å²) in [5.74, 6) is -1.32. The predicted molar refractivity (Wildman–Crippen MR) is 89.9 cm³/mol. The van der Waals surface area contributed by atoms with Gasteiger partial charge in [-0.25, -0.2) is 12.8 Å². The molecule has 0 radical (unpaired) electrons. The molecule has 0 unspecified atom stereocenters. The fourth-order valence-electron chi connectivity index (χ4n) is 2.90. The van der Waals surface area contributed by atoms with Gasteiger partial charge in [0.25, 0.3) is 0 Å². The smallest absolute Gasteiger partial charge is 0.244 e. The average Bonchev–Trinajstić information content (AvgIpc) is 2.86. The topological polar surface area (TPSA) is 80.5 Å². The lowest BCUT2D eigenvalue weighted by atomic mass is 10.0. The fraction of sp³-hybridized carbons (Fsp3) is 0.235. The van der Waals surface area contributed by atoms with E-state index in [0.717, 1.165) is 6.26 Å². The molecule has 1 amide bonds. The van der Waals surface area contributed by atoms with Crippen LogP contribution in [0.4, 0.5) is 10.1 Å². The first-order valence-electron chi connectivity index (χ1n) is 7.45. The Labute approximate surface area is 139 Å². The Morgan fingerprint density at radius 2 is 1.83 bits per heavy atom. The Hall–Kier alpha value is -2.25. The molecule has 0 saturated carbocycles. The van der Waals surface area contributed by atoms with Crippen LogP contribution in [0.2, 0.25) is 0 Å². The van der Waals surface area contributed by atoms with Gasteiger partial charge in [-0.15, -0.1) is 0 Å². The van der Waals surface area contributed by atoms with Crippen LogP contribution in [0, 0.1) is 5.82 Å². The molecule has 24 heavy (non-hydrogen) atoms. The zero-order valence-corrected chi connectivity index (χ0v) is 13.9. The number of anilines is 1. The molecule has 2 aromatic carbocycles. The van der Waals surface area contributed by atoms with Crippen molar-refractivity contribution in [3.8, 4) is 11.1 Å². The van der Waals surface area contributed by atoms with Crippen LogP contribution in [0.1, 0.15) is 6.42 Å². The van der Waals surface area contributed by atoms with E-state index in [9.17, 15) is 13.2 Å². The van der Waals surface area contributed by atoms with Gasteiger partial charge in [0.1, 0.15) is 4.90 Å². The number of benzene rings is 2. The van der Waals surface area contributed by atoms with Crippen molar-refractivity contribution in [2.24, 2.45) is 5.73 Å². The first kappa shape index (κ1) is 16.6. The van der Waals surface area contributed by atoms with Crippen molar-refractivity contribution in [1.29, 1.82) is 0 Å². The number of halogens is 1. The molecule has 1 atom stereocenters. The monoisotopic (exact) mass is 348 g/mol. The highest BCUT2D eigenvalue weighted by molar-refractivity contribution is 7.90. The van der Waals surface area contributed by atoms with Crippen LogP contribution in [0.25, 0.3) is 11.1 Å². The van der Waals surface area contributed by atoms with Gasteiger partial charge in [-0.1, -0.05) is 36.4 Å². The first-order chi connectivity index (χ1) is 11.3. The van der Waals surface area contributed by atoms with E-state index in [2.05, 4.69) is 0 Å². The number of sulfone groups is 1. The largest absolute Gasteiger partial charge is 0.320 e. The van der Waals surface area contributed by atoms with Gasteiger partial charge in [0.05, 0.1) is 11.7 Å². The Bertz CT molecular complexity index is 898. The van der Waals surface area contributed by atoms with Crippen molar-refractivity contribution >= 4 is 21.4 Å². The van der Waals surface area contributed by atoms with Gasteiger partial charge < -0.3 is 10.6 Å². The first-order valence-corrected chi connectivity index (χ1v) is 9.35. The molecule has 2 aromatic rings. The van der Waals surface area contributed by atoms with Crippen LogP contribution in [-0.2, 0) is 14.6 Å². The molecule has 1 aliphatic heterocycles. The minimum Gasteiger partial charge on any atom is -0.320 e. The van der Waals surface area contributed by atoms with Gasteiger partial charge in [0, 0.05) is 18.4 Å². The van der Waals surface area contributed by atoms with Crippen molar-refractivity contribution in [3.05, 3.63) is 48.3 Å². The molecule has 126 valence electrons. The Kier molecular flexibility index (Phi) is 4.15. The second-order valence-corrected chi connectivity index (χ2v) is 7.75. The molecule has 0 aromatic heterocycles. The quantitative estimate of drug-likeness (QED) is 0.919. The van der Waals surface area contributed by atoms with E-state index in [4.69, 9.17) is 5.73 Å². The molecular weight excluding hydrogens is 331 g/mol. The molecular formula is C17H17FN2O3S. The Morgan fingerprint density at radius 1 is 1.17 bits per heavy atom. The van der Waals surface area contributed by atoms with Crippen molar-refractivity contribution in [1.82, 2.24) is 0 Å². The SMILES string of the molecule is CS(=O)(=O)c1c(-c2ccccc2)ccc(N2CC[C@H](N)C2=O)c1F. The van der Waals surface area contributed by atoms with Crippen molar-refractivity contribution in [2.45, 2.75) is 17.4 Å². The van der Waals surface area contributed by atoms with Crippen LogP contribution >= 0.6 is 0 Å². The summed E-state index contributed by atoms with van der Waals surface area (Å²) in [5.41, 5.74) is 6.48. The maximum Gasteiger partial charge on any atom is 0.244 e. The van der Waals surface area contributed by atoms with Gasteiger partial charge in [-0.3, -0.25) is 4.79 Å². The standard InChI is InChI=1S/C17H17FN2O3S/c1-24(22,23)16-12(11-5-3-2-4-6-11)7-8-14(15(16)18)20-10-9-13(19)17(20)21/h2-8,13H,9-10,19H2,1H3/t13-/m0/s1. The van der Waals surface area contributed by atoms with Gasteiger partial charge in [-0.05, 0) is 18.1 Å². The molecule has 1 fully saturated rings. The van der Waals surface area contributed by atoms with Gasteiger partial charge in [0.2, 0.25) is 5.91 Å². The lowest BCUT2D eigenvalue weighted by Crippen LogP contribution is -2.34. The van der Waals surface area contributed by atoms with Gasteiger partial charge >= 0.3 is 0 Å². The second-order valence-electron chi connectivity index (χ2n) is 5.80. The van der Waals surface area contributed by atoms with Crippen LogP contribution in [0.5, 0.6) is 0 Å². The molecule has 1 aliphatic rings. The minimum atomic E-state index is -3.84. The highest BCUT2D eigenvalue weighted by Gasteiger charge is 2.33. The third-order valence-corrected chi connectivity index (χ3v) is 5.21. The normalized spacial score (nSPS) is 18.2. The number of amides is 1. The number of carbonyl (C=O) groups is 1. The summed E-state index contributed by atoms with van der Waals surface area (Å²) in [6.07, 6.45) is 1.37. The zero-order valence-electron chi connectivity index (χ0n) is 13.1.